The summed E-state index contributed by atoms with van der Waals surface area (Å²) in [4.78, 5) is 0. The first-order valence-electron chi connectivity index (χ1n) is 7.62. The van der Waals surface area contributed by atoms with Crippen LogP contribution in [-0.2, 0) is 5.41 Å². The van der Waals surface area contributed by atoms with E-state index in [4.69, 9.17) is 0 Å². The maximum Gasteiger partial charge on any atom is 0.0690 e. The molecule has 4 bridgehead atoms. The molecule has 0 aliphatic heterocycles. The van der Waals surface area contributed by atoms with E-state index in [9.17, 15) is 5.26 Å². The van der Waals surface area contributed by atoms with Crippen molar-refractivity contribution in [3.05, 3.63) is 35.4 Å². The summed E-state index contributed by atoms with van der Waals surface area (Å²) < 4.78 is 0. The Kier molecular flexibility index (Phi) is 2.20. The van der Waals surface area contributed by atoms with Gasteiger partial charge in [0.1, 0.15) is 0 Å². The summed E-state index contributed by atoms with van der Waals surface area (Å²) in [5, 5.41) is 9.69. The van der Waals surface area contributed by atoms with Gasteiger partial charge in [0.05, 0.1) is 11.5 Å². The van der Waals surface area contributed by atoms with Gasteiger partial charge >= 0.3 is 0 Å². The molecule has 4 atom stereocenters. The fourth-order valence-electron chi connectivity index (χ4n) is 5.64. The van der Waals surface area contributed by atoms with Crippen LogP contribution in [0.1, 0.15) is 49.7 Å². The Bertz CT molecular complexity index is 534. The molecule has 1 aromatic carbocycles. The predicted octanol–water partition coefficient (Wildman–Crippen LogP) is 4.36. The zero-order valence-electron chi connectivity index (χ0n) is 11.7. The average Bonchev–Trinajstić information content (AvgIpc) is 2.38. The Morgan fingerprint density at radius 2 is 1.68 bits per heavy atom. The minimum absolute atomic E-state index is 0.00890. The number of hydrogen-bond acceptors (Lipinski definition) is 1. The van der Waals surface area contributed by atoms with Crippen molar-refractivity contribution in [3.63, 3.8) is 0 Å². The summed E-state index contributed by atoms with van der Waals surface area (Å²) in [6.45, 7) is 2.15. The van der Waals surface area contributed by atoms with E-state index in [1.165, 1.54) is 43.2 Å². The van der Waals surface area contributed by atoms with Gasteiger partial charge in [0, 0.05) is 0 Å². The Morgan fingerprint density at radius 1 is 1.05 bits per heavy atom. The summed E-state index contributed by atoms with van der Waals surface area (Å²) in [5.41, 5.74) is 3.18. The summed E-state index contributed by atoms with van der Waals surface area (Å²) in [6, 6.07) is 11.9. The van der Waals surface area contributed by atoms with Gasteiger partial charge in [-0.25, -0.2) is 0 Å². The molecule has 0 amide bonds. The number of nitriles is 1. The molecule has 4 aliphatic carbocycles. The van der Waals surface area contributed by atoms with Gasteiger partial charge < -0.3 is 0 Å². The third-order valence-corrected chi connectivity index (χ3v) is 5.96. The lowest BCUT2D eigenvalue weighted by Crippen LogP contribution is -2.53. The zero-order valence-corrected chi connectivity index (χ0v) is 11.7. The number of benzene rings is 1. The largest absolute Gasteiger partial charge is 0.198 e. The van der Waals surface area contributed by atoms with E-state index in [0.717, 1.165) is 18.3 Å². The highest BCUT2D eigenvalue weighted by Crippen LogP contribution is 2.65. The topological polar surface area (TPSA) is 23.8 Å². The second-order valence-corrected chi connectivity index (χ2v) is 7.50. The monoisotopic (exact) mass is 251 g/mol. The van der Waals surface area contributed by atoms with E-state index < -0.39 is 0 Å². The average molecular weight is 251 g/mol. The molecule has 0 spiro atoms. The molecule has 0 aromatic heterocycles. The second-order valence-electron chi connectivity index (χ2n) is 7.50. The number of rotatable bonds is 1. The minimum atomic E-state index is 0.00890. The van der Waals surface area contributed by atoms with Crippen LogP contribution in [0.5, 0.6) is 0 Å². The van der Waals surface area contributed by atoms with E-state index in [0.29, 0.717) is 5.41 Å². The highest BCUT2D eigenvalue weighted by atomic mass is 14.6. The van der Waals surface area contributed by atoms with E-state index >= 15 is 0 Å². The Morgan fingerprint density at radius 3 is 2.26 bits per heavy atom. The summed E-state index contributed by atoms with van der Waals surface area (Å²) in [7, 11) is 0. The van der Waals surface area contributed by atoms with Gasteiger partial charge in [0.15, 0.2) is 0 Å². The van der Waals surface area contributed by atoms with Crippen LogP contribution < -0.4 is 0 Å². The molecule has 2 unspecified atom stereocenters. The molecular formula is C18H21N. The lowest BCUT2D eigenvalue weighted by atomic mass is 9.43. The fraction of sp³-hybridized carbons (Fsp3) is 0.611. The van der Waals surface area contributed by atoms with Crippen molar-refractivity contribution >= 4 is 0 Å². The van der Waals surface area contributed by atoms with E-state index in [-0.39, 0.29) is 5.41 Å². The van der Waals surface area contributed by atoms with Gasteiger partial charge in [0.25, 0.3) is 0 Å². The first kappa shape index (κ1) is 11.5. The van der Waals surface area contributed by atoms with Crippen molar-refractivity contribution in [3.8, 4) is 6.07 Å². The molecule has 5 rings (SSSR count). The van der Waals surface area contributed by atoms with Crippen molar-refractivity contribution in [1.82, 2.24) is 0 Å². The molecule has 1 aromatic rings. The molecule has 4 aliphatic rings. The van der Waals surface area contributed by atoms with Crippen molar-refractivity contribution in [2.45, 2.75) is 50.9 Å². The van der Waals surface area contributed by atoms with Gasteiger partial charge in [-0.2, -0.15) is 5.26 Å². The summed E-state index contributed by atoms with van der Waals surface area (Å²) >= 11 is 0. The summed E-state index contributed by atoms with van der Waals surface area (Å²) in [5.74, 6) is 1.62. The van der Waals surface area contributed by atoms with E-state index in [1.807, 2.05) is 0 Å². The Hall–Kier alpha value is -1.29. The van der Waals surface area contributed by atoms with Crippen LogP contribution in [-0.4, -0.2) is 0 Å². The van der Waals surface area contributed by atoms with Crippen LogP contribution in [0, 0.1) is 35.5 Å². The van der Waals surface area contributed by atoms with Crippen molar-refractivity contribution < 1.29 is 0 Å². The molecule has 0 saturated heterocycles. The normalized spacial score (nSPS) is 43.2. The van der Waals surface area contributed by atoms with Crippen LogP contribution in [0.15, 0.2) is 24.3 Å². The molecule has 98 valence electrons. The molecule has 4 saturated carbocycles. The van der Waals surface area contributed by atoms with Crippen molar-refractivity contribution in [2.75, 3.05) is 0 Å². The maximum atomic E-state index is 9.69. The van der Waals surface area contributed by atoms with Crippen LogP contribution in [0.2, 0.25) is 0 Å². The molecule has 0 radical (unpaired) electrons. The van der Waals surface area contributed by atoms with Gasteiger partial charge in [-0.05, 0) is 68.3 Å². The quantitative estimate of drug-likeness (QED) is 0.727. The van der Waals surface area contributed by atoms with Gasteiger partial charge in [-0.3, -0.25) is 0 Å². The highest BCUT2D eigenvalue weighted by Gasteiger charge is 2.58. The Labute approximate surface area is 115 Å². The van der Waals surface area contributed by atoms with Crippen LogP contribution >= 0.6 is 0 Å². The fourth-order valence-corrected chi connectivity index (χ4v) is 5.64. The highest BCUT2D eigenvalue weighted by molar-refractivity contribution is 5.34. The number of hydrogen-bond donors (Lipinski definition) is 0. The lowest BCUT2D eigenvalue weighted by Gasteiger charge is -2.60. The van der Waals surface area contributed by atoms with Crippen LogP contribution in [0.25, 0.3) is 0 Å². The van der Waals surface area contributed by atoms with E-state index in [1.54, 1.807) is 0 Å². The Balaban J connectivity index is 1.79. The minimum Gasteiger partial charge on any atom is -0.198 e. The molecular weight excluding hydrogens is 230 g/mol. The first-order chi connectivity index (χ1) is 9.13. The lowest BCUT2D eigenvalue weighted by molar-refractivity contribution is -0.0413. The third kappa shape index (κ3) is 1.59. The van der Waals surface area contributed by atoms with Crippen LogP contribution in [0.4, 0.5) is 0 Å². The van der Waals surface area contributed by atoms with E-state index in [2.05, 4.69) is 37.3 Å². The van der Waals surface area contributed by atoms with Gasteiger partial charge in [-0.15, -0.1) is 0 Å². The second kappa shape index (κ2) is 3.63. The predicted molar refractivity (Wildman–Crippen MR) is 75.6 cm³/mol. The van der Waals surface area contributed by atoms with Crippen molar-refractivity contribution in [2.24, 2.45) is 17.3 Å². The molecule has 19 heavy (non-hydrogen) atoms. The molecule has 4 fully saturated rings. The first-order valence-corrected chi connectivity index (χ1v) is 7.62. The third-order valence-electron chi connectivity index (χ3n) is 5.96. The maximum absolute atomic E-state index is 9.69. The number of nitrogens with zero attached hydrogens (tertiary/aromatic N) is 1. The molecule has 1 heteroatoms. The zero-order chi connectivity index (χ0) is 13.1. The summed E-state index contributed by atoms with van der Waals surface area (Å²) in [6.07, 6.45) is 7.51. The SMILES string of the molecule is Cc1ccc(C23C[C@@H]4C[C@@H](CC(C#N)(C4)C2)C3)cc1. The number of aryl methyl sites for hydroxylation is 1. The molecule has 0 heterocycles. The van der Waals surface area contributed by atoms with Crippen molar-refractivity contribution in [1.29, 1.82) is 5.26 Å². The van der Waals surface area contributed by atoms with Gasteiger partial charge in [0.2, 0.25) is 0 Å². The van der Waals surface area contributed by atoms with Crippen LogP contribution in [0.3, 0.4) is 0 Å². The standard InChI is InChI=1S/C18H21N/c1-13-2-4-16(5-3-13)18-9-14-6-15(10-18)8-17(7-14,11-18)12-19/h2-5,14-15H,6-11H2,1H3/t14-,15+,17?,18?. The smallest absolute Gasteiger partial charge is 0.0690 e. The van der Waals surface area contributed by atoms with Gasteiger partial charge in [-0.1, -0.05) is 29.8 Å². The molecule has 0 N–H and O–H groups in total. The molecule has 1 nitrogen and oxygen atoms in total.